The Morgan fingerprint density at radius 3 is 2.91 bits per heavy atom. The van der Waals surface area contributed by atoms with Gasteiger partial charge in [-0.15, -0.1) is 15.3 Å². The van der Waals surface area contributed by atoms with E-state index in [9.17, 15) is 9.18 Å². The third kappa shape index (κ3) is 3.08. The first-order valence-electron chi connectivity index (χ1n) is 11.4. The zero-order chi connectivity index (χ0) is 23.6. The van der Waals surface area contributed by atoms with Crippen LogP contribution in [0, 0.1) is 25.6 Å². The molecule has 34 heavy (non-hydrogen) atoms. The molecule has 1 N–H and O–H groups in total. The van der Waals surface area contributed by atoms with Gasteiger partial charge in [0, 0.05) is 31.1 Å². The molecule has 4 heterocycles. The van der Waals surface area contributed by atoms with Gasteiger partial charge in [-0.1, -0.05) is 6.92 Å². The molecular formula is C24H24FN7O2. The van der Waals surface area contributed by atoms with Gasteiger partial charge in [0.1, 0.15) is 11.4 Å². The second kappa shape index (κ2) is 7.34. The van der Waals surface area contributed by atoms with Crippen LogP contribution in [0.4, 0.5) is 14.9 Å². The molecule has 1 saturated heterocycles. The van der Waals surface area contributed by atoms with Crippen LogP contribution in [0.15, 0.2) is 41.1 Å². The van der Waals surface area contributed by atoms with E-state index in [4.69, 9.17) is 4.42 Å². The van der Waals surface area contributed by atoms with Gasteiger partial charge in [0.15, 0.2) is 5.82 Å². The lowest BCUT2D eigenvalue weighted by Gasteiger charge is -2.61. The van der Waals surface area contributed by atoms with Gasteiger partial charge < -0.3 is 14.6 Å². The lowest BCUT2D eigenvalue weighted by molar-refractivity contribution is -0.110. The quantitative estimate of drug-likeness (QED) is 0.483. The van der Waals surface area contributed by atoms with Crippen LogP contribution in [0.5, 0.6) is 0 Å². The van der Waals surface area contributed by atoms with Gasteiger partial charge in [-0.2, -0.15) is 0 Å². The summed E-state index contributed by atoms with van der Waals surface area (Å²) in [5.74, 6) is 1.25. The maximum Gasteiger partial charge on any atom is 0.323 e. The molecular weight excluding hydrogens is 437 g/mol. The predicted octanol–water partition coefficient (Wildman–Crippen LogP) is 4.47. The summed E-state index contributed by atoms with van der Waals surface area (Å²) in [6.07, 6.45) is 5.91. The third-order valence-corrected chi connectivity index (χ3v) is 6.98. The highest BCUT2D eigenvalue weighted by Gasteiger charge is 2.62. The molecule has 1 aromatic carbocycles. The number of nitrogens with zero attached hydrogens (tertiary/aromatic N) is 6. The monoisotopic (exact) mass is 461 g/mol. The summed E-state index contributed by atoms with van der Waals surface area (Å²) in [4.78, 5) is 19.6. The van der Waals surface area contributed by atoms with Crippen LogP contribution in [-0.4, -0.2) is 41.8 Å². The van der Waals surface area contributed by atoms with E-state index in [-0.39, 0.29) is 17.8 Å². The number of nitrogens with one attached hydrogen (secondary N) is 1. The van der Waals surface area contributed by atoms with Gasteiger partial charge in [0.05, 0.1) is 17.4 Å². The van der Waals surface area contributed by atoms with Gasteiger partial charge in [0.2, 0.25) is 11.8 Å². The van der Waals surface area contributed by atoms with Crippen LogP contribution in [0.1, 0.15) is 43.5 Å². The zero-order valence-electron chi connectivity index (χ0n) is 19.1. The Morgan fingerprint density at radius 1 is 1.26 bits per heavy atom. The Kier molecular flexibility index (Phi) is 4.48. The second-order valence-electron chi connectivity index (χ2n) is 9.47. The number of piperidine rings is 1. The molecule has 4 aromatic rings. The standard InChI is InChI=1S/C24H24FN7O2/c1-13-7-17-11-24(10-13,22-29-28-15(3)34-22)32(17)23(33)27-20-9-18(14(2)8-19(20)25)21-26-12-16-5-4-6-31(16)30-21/h4-6,8-9,12-13,17H,7,10-11H2,1-3H3,(H,27,33)/t13-,17+,24-/m0/s1. The molecule has 1 aliphatic heterocycles. The van der Waals surface area contributed by atoms with Crippen molar-refractivity contribution in [2.45, 2.75) is 51.6 Å². The molecule has 2 bridgehead atoms. The summed E-state index contributed by atoms with van der Waals surface area (Å²) in [6, 6.07) is 6.43. The highest BCUT2D eigenvalue weighted by atomic mass is 19.1. The SMILES string of the molecule is Cc1nnc([C@]23C[C@@H](C)C[C@H](C2)N3C(=O)Nc2cc(-c3ncc4cccn4n3)c(C)cc2F)o1. The lowest BCUT2D eigenvalue weighted by Crippen LogP contribution is -2.70. The summed E-state index contributed by atoms with van der Waals surface area (Å²) in [5.41, 5.74) is 1.61. The fourth-order valence-electron chi connectivity index (χ4n) is 5.58. The topological polar surface area (TPSA) is 101 Å². The van der Waals surface area contributed by atoms with Crippen molar-refractivity contribution in [3.05, 3.63) is 59.8 Å². The number of carbonyl (C=O) groups is 1. The van der Waals surface area contributed by atoms with E-state index < -0.39 is 11.4 Å². The zero-order valence-corrected chi connectivity index (χ0v) is 19.1. The minimum atomic E-state index is -0.653. The smallest absolute Gasteiger partial charge is 0.323 e. The van der Waals surface area contributed by atoms with E-state index in [1.54, 1.807) is 35.5 Å². The molecule has 3 aromatic heterocycles. The van der Waals surface area contributed by atoms with E-state index >= 15 is 0 Å². The molecule has 0 unspecified atom stereocenters. The predicted molar refractivity (Wildman–Crippen MR) is 121 cm³/mol. The molecule has 0 radical (unpaired) electrons. The Hall–Kier alpha value is -3.82. The number of hydrogen-bond acceptors (Lipinski definition) is 6. The number of anilines is 1. The number of likely N-dealkylation sites (tertiary alicyclic amines) is 1. The fourth-order valence-corrected chi connectivity index (χ4v) is 5.58. The highest BCUT2D eigenvalue weighted by Crippen LogP contribution is 2.55. The number of benzene rings is 1. The number of carbonyl (C=O) groups excluding carboxylic acids is 1. The van der Waals surface area contributed by atoms with Gasteiger partial charge >= 0.3 is 6.03 Å². The Morgan fingerprint density at radius 2 is 2.12 bits per heavy atom. The Labute approximate surface area is 195 Å². The number of aryl methyl sites for hydroxylation is 2. The normalized spacial score (nSPS) is 23.7. The molecule has 2 aliphatic rings. The van der Waals surface area contributed by atoms with E-state index in [0.717, 1.165) is 24.8 Å². The second-order valence-corrected chi connectivity index (χ2v) is 9.47. The molecule has 174 valence electrons. The molecule has 2 fully saturated rings. The van der Waals surface area contributed by atoms with Gasteiger partial charge in [-0.3, -0.25) is 0 Å². The molecule has 2 amide bonds. The van der Waals surface area contributed by atoms with Gasteiger partial charge in [-0.25, -0.2) is 18.7 Å². The third-order valence-electron chi connectivity index (χ3n) is 6.98. The van der Waals surface area contributed by atoms with Crippen molar-refractivity contribution < 1.29 is 13.6 Å². The van der Waals surface area contributed by atoms with Crippen LogP contribution >= 0.6 is 0 Å². The van der Waals surface area contributed by atoms with Crippen LogP contribution in [0.3, 0.4) is 0 Å². The summed E-state index contributed by atoms with van der Waals surface area (Å²) < 4.78 is 22.4. The average Bonchev–Trinajstić information content (AvgIpc) is 3.43. The van der Waals surface area contributed by atoms with Crippen molar-refractivity contribution in [2.24, 2.45) is 5.92 Å². The van der Waals surface area contributed by atoms with Crippen molar-refractivity contribution >= 4 is 17.2 Å². The van der Waals surface area contributed by atoms with E-state index in [1.165, 1.54) is 6.07 Å². The first kappa shape index (κ1) is 20.8. The van der Waals surface area contributed by atoms with Crippen LogP contribution in [0.25, 0.3) is 16.9 Å². The lowest BCUT2D eigenvalue weighted by atomic mass is 9.64. The van der Waals surface area contributed by atoms with Crippen molar-refractivity contribution in [1.82, 2.24) is 29.7 Å². The minimum absolute atomic E-state index is 0.0448. The van der Waals surface area contributed by atoms with Crippen molar-refractivity contribution in [1.29, 1.82) is 0 Å². The number of amides is 2. The molecule has 1 aliphatic carbocycles. The molecule has 0 spiro atoms. The highest BCUT2D eigenvalue weighted by molar-refractivity contribution is 5.92. The molecule has 9 nitrogen and oxygen atoms in total. The number of rotatable bonds is 3. The van der Waals surface area contributed by atoms with Crippen molar-refractivity contribution in [3.8, 4) is 11.4 Å². The number of aromatic nitrogens is 5. The molecule has 10 heteroatoms. The van der Waals surface area contributed by atoms with E-state index in [1.807, 2.05) is 18.3 Å². The summed E-state index contributed by atoms with van der Waals surface area (Å²) in [6.45, 7) is 5.69. The fraction of sp³-hybridized carbons (Fsp3) is 0.375. The van der Waals surface area contributed by atoms with Crippen molar-refractivity contribution in [2.75, 3.05) is 5.32 Å². The Bertz CT molecular complexity index is 1430. The van der Waals surface area contributed by atoms with Gasteiger partial charge in [-0.05, 0) is 55.5 Å². The van der Waals surface area contributed by atoms with E-state index in [0.29, 0.717) is 34.7 Å². The molecule has 3 atom stereocenters. The first-order valence-corrected chi connectivity index (χ1v) is 11.4. The Balaban J connectivity index is 1.33. The number of halogens is 1. The summed E-state index contributed by atoms with van der Waals surface area (Å²) >= 11 is 0. The summed E-state index contributed by atoms with van der Waals surface area (Å²) in [7, 11) is 0. The maximum absolute atomic E-state index is 14.9. The van der Waals surface area contributed by atoms with Crippen molar-refractivity contribution in [3.63, 3.8) is 0 Å². The maximum atomic E-state index is 14.9. The minimum Gasteiger partial charge on any atom is -0.423 e. The average molecular weight is 462 g/mol. The number of urea groups is 1. The number of hydrogen-bond donors (Lipinski definition) is 1. The molecule has 6 rings (SSSR count). The van der Waals surface area contributed by atoms with E-state index in [2.05, 4.69) is 32.5 Å². The first-order chi connectivity index (χ1) is 16.3. The number of fused-ring (bicyclic) bond motifs is 3. The largest absolute Gasteiger partial charge is 0.423 e. The van der Waals surface area contributed by atoms with Crippen LogP contribution < -0.4 is 5.32 Å². The van der Waals surface area contributed by atoms with Gasteiger partial charge in [0.25, 0.3) is 0 Å². The van der Waals surface area contributed by atoms with Crippen LogP contribution in [-0.2, 0) is 5.54 Å². The van der Waals surface area contributed by atoms with Crippen LogP contribution in [0.2, 0.25) is 0 Å². The molecule has 1 saturated carbocycles. The summed E-state index contributed by atoms with van der Waals surface area (Å²) in [5, 5.41) is 15.5.